The lowest BCUT2D eigenvalue weighted by Crippen LogP contribution is -2.17. The molecule has 1 aliphatic rings. The van der Waals surface area contributed by atoms with Gasteiger partial charge in [0.2, 0.25) is 0 Å². The maximum atomic E-state index is 11.6. The number of aryl methyl sites for hydroxylation is 1. The number of aromatic nitrogens is 2. The highest BCUT2D eigenvalue weighted by atomic mass is 16.5. The van der Waals surface area contributed by atoms with E-state index in [1.807, 2.05) is 6.20 Å². The molecule has 0 saturated heterocycles. The maximum Gasteiger partial charge on any atom is 0.308 e. The van der Waals surface area contributed by atoms with Crippen LogP contribution in [-0.4, -0.2) is 22.6 Å². The molecule has 0 bridgehead atoms. The Morgan fingerprint density at radius 3 is 2.94 bits per heavy atom. The van der Waals surface area contributed by atoms with Crippen LogP contribution in [0.15, 0.2) is 6.20 Å². The molecule has 94 valence electrons. The lowest BCUT2D eigenvalue weighted by Gasteiger charge is -2.13. The Kier molecular flexibility index (Phi) is 3.50. The number of methoxy groups -OCH3 is 1. The molecule has 2 heterocycles. The molecule has 0 N–H and O–H groups in total. The first-order valence-electron chi connectivity index (χ1n) is 6.25. The molecule has 0 amide bonds. The molecule has 0 fully saturated rings. The minimum atomic E-state index is -0.0816. The monoisotopic (exact) mass is 236 g/mol. The highest BCUT2D eigenvalue weighted by Gasteiger charge is 2.25. The standard InChI is InChI=1S/C13H20N2O2/c1-9(2)11-8-14-12-5-4-10(13(16)17-3)6-7-15(11)12/h8-10H,4-7H2,1-3H3/t10-/m0/s1. The van der Waals surface area contributed by atoms with Crippen LogP contribution in [0.5, 0.6) is 0 Å². The molecule has 4 heteroatoms. The number of imidazole rings is 1. The van der Waals surface area contributed by atoms with Crippen molar-refractivity contribution in [3.63, 3.8) is 0 Å². The second-order valence-corrected chi connectivity index (χ2v) is 4.95. The van der Waals surface area contributed by atoms with Gasteiger partial charge in [-0.15, -0.1) is 0 Å². The first-order chi connectivity index (χ1) is 8.13. The Balaban J connectivity index is 2.16. The van der Waals surface area contributed by atoms with E-state index >= 15 is 0 Å². The highest BCUT2D eigenvalue weighted by Crippen LogP contribution is 2.24. The van der Waals surface area contributed by atoms with Gasteiger partial charge in [0.25, 0.3) is 0 Å². The van der Waals surface area contributed by atoms with Gasteiger partial charge >= 0.3 is 5.97 Å². The fraction of sp³-hybridized carbons (Fsp3) is 0.692. The summed E-state index contributed by atoms with van der Waals surface area (Å²) in [5.41, 5.74) is 1.27. The van der Waals surface area contributed by atoms with Crippen LogP contribution in [-0.2, 0) is 22.5 Å². The van der Waals surface area contributed by atoms with Gasteiger partial charge in [-0.3, -0.25) is 4.79 Å². The Morgan fingerprint density at radius 2 is 2.29 bits per heavy atom. The van der Waals surface area contributed by atoms with Gasteiger partial charge < -0.3 is 9.30 Å². The van der Waals surface area contributed by atoms with Crippen LogP contribution in [0.4, 0.5) is 0 Å². The van der Waals surface area contributed by atoms with E-state index in [0.29, 0.717) is 5.92 Å². The minimum Gasteiger partial charge on any atom is -0.469 e. The molecule has 1 aromatic heterocycles. The van der Waals surface area contributed by atoms with Crippen molar-refractivity contribution >= 4 is 5.97 Å². The van der Waals surface area contributed by atoms with Gasteiger partial charge in [0.05, 0.1) is 13.0 Å². The van der Waals surface area contributed by atoms with E-state index in [9.17, 15) is 4.79 Å². The van der Waals surface area contributed by atoms with E-state index in [2.05, 4.69) is 23.4 Å². The van der Waals surface area contributed by atoms with Crippen molar-refractivity contribution in [2.24, 2.45) is 5.92 Å². The van der Waals surface area contributed by atoms with Gasteiger partial charge in [-0.25, -0.2) is 4.98 Å². The average Bonchev–Trinajstić information content (AvgIpc) is 2.61. The second kappa shape index (κ2) is 4.90. The number of nitrogens with zero attached hydrogens (tertiary/aromatic N) is 2. The van der Waals surface area contributed by atoms with Crippen molar-refractivity contribution in [2.45, 2.75) is 45.6 Å². The largest absolute Gasteiger partial charge is 0.469 e. The number of hydrogen-bond donors (Lipinski definition) is 0. The van der Waals surface area contributed by atoms with Crippen LogP contribution in [0, 0.1) is 5.92 Å². The van der Waals surface area contributed by atoms with Crippen molar-refractivity contribution in [1.82, 2.24) is 9.55 Å². The van der Waals surface area contributed by atoms with E-state index in [4.69, 9.17) is 4.74 Å². The molecule has 1 atom stereocenters. The second-order valence-electron chi connectivity index (χ2n) is 4.95. The molecule has 0 aromatic carbocycles. The summed E-state index contributed by atoms with van der Waals surface area (Å²) < 4.78 is 7.10. The van der Waals surface area contributed by atoms with Crippen molar-refractivity contribution in [3.8, 4) is 0 Å². The van der Waals surface area contributed by atoms with Crippen LogP contribution < -0.4 is 0 Å². The lowest BCUT2D eigenvalue weighted by molar-refractivity contribution is -0.145. The van der Waals surface area contributed by atoms with Gasteiger partial charge in [0.1, 0.15) is 5.82 Å². The summed E-state index contributed by atoms with van der Waals surface area (Å²) in [5, 5.41) is 0. The predicted molar refractivity (Wildman–Crippen MR) is 64.8 cm³/mol. The third-order valence-corrected chi connectivity index (χ3v) is 3.51. The van der Waals surface area contributed by atoms with Crippen LogP contribution in [0.1, 0.15) is 44.1 Å². The molecule has 0 radical (unpaired) electrons. The van der Waals surface area contributed by atoms with Crippen molar-refractivity contribution in [1.29, 1.82) is 0 Å². The first kappa shape index (κ1) is 12.1. The van der Waals surface area contributed by atoms with Crippen LogP contribution >= 0.6 is 0 Å². The summed E-state index contributed by atoms with van der Waals surface area (Å²) in [7, 11) is 1.46. The van der Waals surface area contributed by atoms with Crippen molar-refractivity contribution in [3.05, 3.63) is 17.7 Å². The van der Waals surface area contributed by atoms with Crippen LogP contribution in [0.3, 0.4) is 0 Å². The Morgan fingerprint density at radius 1 is 1.53 bits per heavy atom. The summed E-state index contributed by atoms with van der Waals surface area (Å²) in [5.74, 6) is 1.54. The smallest absolute Gasteiger partial charge is 0.308 e. The molecule has 2 rings (SSSR count). The van der Waals surface area contributed by atoms with E-state index in [1.54, 1.807) is 0 Å². The maximum absolute atomic E-state index is 11.6. The van der Waals surface area contributed by atoms with E-state index in [1.165, 1.54) is 12.8 Å². The lowest BCUT2D eigenvalue weighted by atomic mass is 10.0. The number of ether oxygens (including phenoxy) is 1. The number of carbonyl (C=O) groups is 1. The number of hydrogen-bond acceptors (Lipinski definition) is 3. The van der Waals surface area contributed by atoms with Crippen LogP contribution in [0.2, 0.25) is 0 Å². The molecule has 0 aliphatic carbocycles. The average molecular weight is 236 g/mol. The fourth-order valence-corrected chi connectivity index (χ4v) is 2.48. The van der Waals surface area contributed by atoms with Gasteiger partial charge in [-0.2, -0.15) is 0 Å². The molecule has 1 aromatic rings. The normalized spacial score (nSPS) is 19.9. The molecule has 1 aliphatic heterocycles. The summed E-state index contributed by atoms with van der Waals surface area (Å²) in [4.78, 5) is 16.0. The summed E-state index contributed by atoms with van der Waals surface area (Å²) >= 11 is 0. The van der Waals surface area contributed by atoms with Gasteiger partial charge in [-0.1, -0.05) is 13.8 Å². The van der Waals surface area contributed by atoms with E-state index in [-0.39, 0.29) is 11.9 Å². The molecular weight excluding hydrogens is 216 g/mol. The summed E-state index contributed by atoms with van der Waals surface area (Å²) in [6.45, 7) is 5.22. The SMILES string of the molecule is COC(=O)[C@H]1CCc2ncc(C(C)C)n2CC1. The van der Waals surface area contributed by atoms with Crippen LogP contribution in [0.25, 0.3) is 0 Å². The van der Waals surface area contributed by atoms with Gasteiger partial charge in [-0.05, 0) is 18.8 Å². The molecule has 0 saturated carbocycles. The number of carbonyl (C=O) groups excluding carboxylic acids is 1. The zero-order chi connectivity index (χ0) is 12.4. The Bertz CT molecular complexity index is 410. The Hall–Kier alpha value is -1.32. The quantitative estimate of drug-likeness (QED) is 0.739. The predicted octanol–water partition coefficient (Wildman–Crippen LogP) is 2.13. The Labute approximate surface area is 102 Å². The van der Waals surface area contributed by atoms with Crippen molar-refractivity contribution in [2.75, 3.05) is 7.11 Å². The zero-order valence-electron chi connectivity index (χ0n) is 10.8. The zero-order valence-corrected chi connectivity index (χ0v) is 10.8. The van der Waals surface area contributed by atoms with E-state index in [0.717, 1.165) is 31.6 Å². The molecule has 4 nitrogen and oxygen atoms in total. The van der Waals surface area contributed by atoms with Gasteiger partial charge in [0.15, 0.2) is 0 Å². The fourth-order valence-electron chi connectivity index (χ4n) is 2.48. The van der Waals surface area contributed by atoms with Gasteiger partial charge in [0, 0.05) is 24.9 Å². The molecular formula is C13H20N2O2. The minimum absolute atomic E-state index is 0.0294. The van der Waals surface area contributed by atoms with Crippen molar-refractivity contribution < 1.29 is 9.53 Å². The topological polar surface area (TPSA) is 44.1 Å². The van der Waals surface area contributed by atoms with E-state index < -0.39 is 0 Å². The summed E-state index contributed by atoms with van der Waals surface area (Å²) in [6, 6.07) is 0. The molecule has 0 spiro atoms. The number of rotatable bonds is 2. The first-order valence-corrected chi connectivity index (χ1v) is 6.25. The third kappa shape index (κ3) is 2.35. The molecule has 17 heavy (non-hydrogen) atoms. The third-order valence-electron chi connectivity index (χ3n) is 3.51. The highest BCUT2D eigenvalue weighted by molar-refractivity contribution is 5.72. The number of esters is 1. The number of fused-ring (bicyclic) bond motifs is 1. The summed E-state index contributed by atoms with van der Waals surface area (Å²) in [6.07, 6.45) is 4.54. The molecule has 0 unspecified atom stereocenters.